The van der Waals surface area contributed by atoms with Gasteiger partial charge in [0.2, 0.25) is 11.8 Å². The van der Waals surface area contributed by atoms with E-state index >= 15 is 0 Å². The molecule has 0 saturated carbocycles. The minimum Gasteiger partial charge on any atom is -0.353 e. The molecule has 0 aliphatic rings. The number of amides is 2. The number of carbonyl (C=O) groups is 2. The van der Waals surface area contributed by atoms with E-state index in [0.717, 1.165) is 12.8 Å². The molecule has 5 heteroatoms. The summed E-state index contributed by atoms with van der Waals surface area (Å²) in [5.41, 5.74) is 0. The highest BCUT2D eigenvalue weighted by Crippen LogP contribution is 1.96. The Balaban J connectivity index is 4.17. The Kier molecular flexibility index (Phi) is 8.39. The van der Waals surface area contributed by atoms with Gasteiger partial charge in [-0.15, -0.1) is 0 Å². The first-order valence-corrected chi connectivity index (χ1v) is 7.14. The first kappa shape index (κ1) is 17.9. The lowest BCUT2D eigenvalue weighted by atomic mass is 10.1. The zero-order chi connectivity index (χ0) is 15.0. The molecule has 112 valence electrons. The van der Waals surface area contributed by atoms with Crippen molar-refractivity contribution in [3.05, 3.63) is 0 Å². The standard InChI is InChI=1S/C14H29N3O2/c1-7-8-10(4)16-14(19)12(6)17-11(5)13(18)15-9(2)3/h9-12,17H,7-8H2,1-6H3,(H,15,18)(H,16,19). The third-order valence-corrected chi connectivity index (χ3v) is 2.83. The first-order chi connectivity index (χ1) is 8.77. The predicted octanol–water partition coefficient (Wildman–Crippen LogP) is 1.18. The lowest BCUT2D eigenvalue weighted by Crippen LogP contribution is -2.53. The first-order valence-electron chi connectivity index (χ1n) is 7.14. The molecule has 3 atom stereocenters. The van der Waals surface area contributed by atoms with Crippen molar-refractivity contribution < 1.29 is 9.59 Å². The Hall–Kier alpha value is -1.10. The minimum absolute atomic E-state index is 0.0647. The van der Waals surface area contributed by atoms with Gasteiger partial charge < -0.3 is 10.6 Å². The van der Waals surface area contributed by atoms with Crippen LogP contribution in [0.1, 0.15) is 54.4 Å². The lowest BCUT2D eigenvalue weighted by Gasteiger charge is -2.22. The summed E-state index contributed by atoms with van der Waals surface area (Å²) >= 11 is 0. The van der Waals surface area contributed by atoms with Crippen molar-refractivity contribution in [2.75, 3.05) is 0 Å². The van der Waals surface area contributed by atoms with E-state index < -0.39 is 0 Å². The number of carbonyl (C=O) groups excluding carboxylic acids is 2. The van der Waals surface area contributed by atoms with Gasteiger partial charge in [-0.3, -0.25) is 14.9 Å². The number of hydrogen-bond donors (Lipinski definition) is 3. The van der Waals surface area contributed by atoms with Crippen LogP contribution in [-0.4, -0.2) is 36.0 Å². The van der Waals surface area contributed by atoms with Crippen LogP contribution in [0.2, 0.25) is 0 Å². The van der Waals surface area contributed by atoms with Crippen LogP contribution < -0.4 is 16.0 Å². The van der Waals surface area contributed by atoms with Gasteiger partial charge in [-0.2, -0.15) is 0 Å². The maximum Gasteiger partial charge on any atom is 0.237 e. The summed E-state index contributed by atoms with van der Waals surface area (Å²) in [5.74, 6) is -0.151. The Morgan fingerprint density at radius 1 is 0.895 bits per heavy atom. The second-order valence-electron chi connectivity index (χ2n) is 5.47. The van der Waals surface area contributed by atoms with Crippen molar-refractivity contribution >= 4 is 11.8 Å². The van der Waals surface area contributed by atoms with Crippen molar-refractivity contribution in [3.63, 3.8) is 0 Å². The molecule has 0 rings (SSSR count). The summed E-state index contributed by atoms with van der Waals surface area (Å²) in [4.78, 5) is 23.6. The summed E-state index contributed by atoms with van der Waals surface area (Å²) in [6, 6.07) is -0.496. The molecule has 0 spiro atoms. The third kappa shape index (κ3) is 7.82. The second kappa shape index (κ2) is 8.91. The van der Waals surface area contributed by atoms with Crippen LogP contribution in [-0.2, 0) is 9.59 Å². The molecule has 3 N–H and O–H groups in total. The molecular weight excluding hydrogens is 242 g/mol. The summed E-state index contributed by atoms with van der Waals surface area (Å²) in [6.07, 6.45) is 2.00. The van der Waals surface area contributed by atoms with Crippen LogP contribution in [0.5, 0.6) is 0 Å². The van der Waals surface area contributed by atoms with Gasteiger partial charge in [0.25, 0.3) is 0 Å². The van der Waals surface area contributed by atoms with Crippen molar-refractivity contribution in [1.29, 1.82) is 0 Å². The SMILES string of the molecule is CCCC(C)NC(=O)C(C)NC(C)C(=O)NC(C)C. The Labute approximate surface area is 116 Å². The van der Waals surface area contributed by atoms with Crippen molar-refractivity contribution in [1.82, 2.24) is 16.0 Å². The van der Waals surface area contributed by atoms with Crippen LogP contribution in [0.15, 0.2) is 0 Å². The molecule has 2 amide bonds. The van der Waals surface area contributed by atoms with Gasteiger partial charge in [-0.05, 0) is 41.0 Å². The third-order valence-electron chi connectivity index (χ3n) is 2.83. The normalized spacial score (nSPS) is 15.7. The van der Waals surface area contributed by atoms with Crippen LogP contribution in [0.3, 0.4) is 0 Å². The zero-order valence-corrected chi connectivity index (χ0v) is 13.0. The molecule has 0 aliphatic heterocycles. The molecule has 0 aromatic heterocycles. The van der Waals surface area contributed by atoms with Gasteiger partial charge in [0.1, 0.15) is 0 Å². The molecule has 0 aliphatic carbocycles. The Bertz CT molecular complexity index is 292. The predicted molar refractivity (Wildman–Crippen MR) is 77.9 cm³/mol. The number of hydrogen-bond acceptors (Lipinski definition) is 3. The second-order valence-corrected chi connectivity index (χ2v) is 5.47. The fraction of sp³-hybridized carbons (Fsp3) is 0.857. The van der Waals surface area contributed by atoms with Crippen molar-refractivity contribution in [2.24, 2.45) is 0 Å². The molecule has 0 radical (unpaired) electrons. The van der Waals surface area contributed by atoms with E-state index in [1.54, 1.807) is 13.8 Å². The zero-order valence-electron chi connectivity index (χ0n) is 13.0. The molecule has 3 unspecified atom stereocenters. The topological polar surface area (TPSA) is 70.2 Å². The van der Waals surface area contributed by atoms with E-state index in [4.69, 9.17) is 0 Å². The highest BCUT2D eigenvalue weighted by molar-refractivity contribution is 5.85. The molecule has 0 aromatic carbocycles. The molecule has 0 saturated heterocycles. The highest BCUT2D eigenvalue weighted by atomic mass is 16.2. The summed E-state index contributed by atoms with van der Waals surface area (Å²) in [5, 5.41) is 8.76. The van der Waals surface area contributed by atoms with Crippen LogP contribution in [0, 0.1) is 0 Å². The lowest BCUT2D eigenvalue weighted by molar-refractivity contribution is -0.125. The van der Waals surface area contributed by atoms with Crippen LogP contribution in [0.4, 0.5) is 0 Å². The average Bonchev–Trinajstić information content (AvgIpc) is 2.27. The molecule has 0 aromatic rings. The minimum atomic E-state index is -0.385. The number of nitrogens with one attached hydrogen (secondary N) is 3. The smallest absolute Gasteiger partial charge is 0.237 e. The summed E-state index contributed by atoms with van der Waals surface area (Å²) in [6.45, 7) is 11.4. The van der Waals surface area contributed by atoms with E-state index in [1.807, 2.05) is 20.8 Å². The molecule has 5 nitrogen and oxygen atoms in total. The Morgan fingerprint density at radius 2 is 1.37 bits per heavy atom. The summed E-state index contributed by atoms with van der Waals surface area (Å²) in [7, 11) is 0. The van der Waals surface area contributed by atoms with Crippen molar-refractivity contribution in [2.45, 2.75) is 78.6 Å². The van der Waals surface area contributed by atoms with Gasteiger partial charge in [-0.1, -0.05) is 13.3 Å². The fourth-order valence-corrected chi connectivity index (χ4v) is 1.81. The maximum atomic E-state index is 11.9. The quantitative estimate of drug-likeness (QED) is 0.621. The van der Waals surface area contributed by atoms with E-state index in [2.05, 4.69) is 22.9 Å². The van der Waals surface area contributed by atoms with E-state index in [-0.39, 0.29) is 36.0 Å². The van der Waals surface area contributed by atoms with Gasteiger partial charge in [0.05, 0.1) is 12.1 Å². The highest BCUT2D eigenvalue weighted by Gasteiger charge is 2.20. The van der Waals surface area contributed by atoms with E-state index in [0.29, 0.717) is 0 Å². The van der Waals surface area contributed by atoms with Gasteiger partial charge in [0.15, 0.2) is 0 Å². The molecule has 19 heavy (non-hydrogen) atoms. The summed E-state index contributed by atoms with van der Waals surface area (Å²) < 4.78 is 0. The van der Waals surface area contributed by atoms with Gasteiger partial charge in [0, 0.05) is 12.1 Å². The number of rotatable bonds is 8. The largest absolute Gasteiger partial charge is 0.353 e. The average molecular weight is 271 g/mol. The monoisotopic (exact) mass is 271 g/mol. The Morgan fingerprint density at radius 3 is 1.79 bits per heavy atom. The van der Waals surface area contributed by atoms with E-state index in [1.165, 1.54) is 0 Å². The molecule has 0 bridgehead atoms. The van der Waals surface area contributed by atoms with Crippen molar-refractivity contribution in [3.8, 4) is 0 Å². The van der Waals surface area contributed by atoms with E-state index in [9.17, 15) is 9.59 Å². The molecular formula is C14H29N3O2. The molecule has 0 heterocycles. The van der Waals surface area contributed by atoms with Gasteiger partial charge >= 0.3 is 0 Å². The molecule has 0 fully saturated rings. The van der Waals surface area contributed by atoms with Crippen LogP contribution in [0.25, 0.3) is 0 Å². The maximum absolute atomic E-state index is 11.9. The van der Waals surface area contributed by atoms with Crippen LogP contribution >= 0.6 is 0 Å². The van der Waals surface area contributed by atoms with Gasteiger partial charge in [-0.25, -0.2) is 0 Å². The fourth-order valence-electron chi connectivity index (χ4n) is 1.81.